The Labute approximate surface area is 92.9 Å². The smallest absolute Gasteiger partial charge is 0.123 e. The summed E-state index contributed by atoms with van der Waals surface area (Å²) in [4.78, 5) is 0. The van der Waals surface area contributed by atoms with Crippen LogP contribution in [0.25, 0.3) is 5.69 Å². The van der Waals surface area contributed by atoms with E-state index < -0.39 is 0 Å². The van der Waals surface area contributed by atoms with Gasteiger partial charge in [-0.1, -0.05) is 5.21 Å². The number of halogens is 1. The molecule has 0 bridgehead atoms. The fourth-order valence-electron chi connectivity index (χ4n) is 1.59. The number of rotatable bonds is 2. The van der Waals surface area contributed by atoms with Crippen molar-refractivity contribution in [2.24, 2.45) is 5.73 Å². The van der Waals surface area contributed by atoms with Gasteiger partial charge in [-0.2, -0.15) is 0 Å². The molecule has 4 nitrogen and oxygen atoms in total. The third-order valence-corrected chi connectivity index (χ3v) is 2.43. The summed E-state index contributed by atoms with van der Waals surface area (Å²) in [6, 6.07) is 5.93. The molecule has 16 heavy (non-hydrogen) atoms. The van der Waals surface area contributed by atoms with Crippen molar-refractivity contribution in [2.75, 3.05) is 0 Å². The molecule has 2 aromatic rings. The molecule has 0 fully saturated rings. The molecular formula is C11H13FN4. The molecule has 0 aliphatic rings. The average molecular weight is 220 g/mol. The highest BCUT2D eigenvalue weighted by Gasteiger charge is 2.12. The first kappa shape index (κ1) is 10.8. The second-order valence-electron chi connectivity index (χ2n) is 3.74. The van der Waals surface area contributed by atoms with E-state index in [1.165, 1.54) is 12.1 Å². The van der Waals surface area contributed by atoms with Crippen LogP contribution in [0.2, 0.25) is 0 Å². The average Bonchev–Trinajstić information content (AvgIpc) is 2.61. The van der Waals surface area contributed by atoms with Crippen molar-refractivity contribution in [3.8, 4) is 5.69 Å². The SMILES string of the molecule is Cc1c(C(C)N)nnn1-c1ccc(F)cc1. The Hall–Kier alpha value is -1.75. The molecule has 84 valence electrons. The van der Waals surface area contributed by atoms with Gasteiger partial charge in [0.25, 0.3) is 0 Å². The van der Waals surface area contributed by atoms with Crippen LogP contribution in [0.4, 0.5) is 4.39 Å². The number of hydrogen-bond donors (Lipinski definition) is 1. The Morgan fingerprint density at radius 1 is 1.31 bits per heavy atom. The summed E-state index contributed by atoms with van der Waals surface area (Å²) in [6.07, 6.45) is 0. The molecule has 0 saturated heterocycles. The monoisotopic (exact) mass is 220 g/mol. The molecule has 1 aromatic heterocycles. The van der Waals surface area contributed by atoms with E-state index in [0.29, 0.717) is 0 Å². The van der Waals surface area contributed by atoms with E-state index in [1.807, 2.05) is 13.8 Å². The number of nitrogens with two attached hydrogens (primary N) is 1. The predicted molar refractivity (Wildman–Crippen MR) is 58.7 cm³/mol. The zero-order valence-electron chi connectivity index (χ0n) is 9.18. The lowest BCUT2D eigenvalue weighted by molar-refractivity contribution is 0.626. The molecule has 1 atom stereocenters. The van der Waals surface area contributed by atoms with Gasteiger partial charge in [0.15, 0.2) is 0 Å². The first-order chi connectivity index (χ1) is 7.59. The normalized spacial score (nSPS) is 12.8. The molecule has 0 aliphatic carbocycles. The molecule has 0 radical (unpaired) electrons. The second-order valence-corrected chi connectivity index (χ2v) is 3.74. The van der Waals surface area contributed by atoms with Crippen molar-refractivity contribution in [3.63, 3.8) is 0 Å². The summed E-state index contributed by atoms with van der Waals surface area (Å²) >= 11 is 0. The van der Waals surface area contributed by atoms with Gasteiger partial charge in [-0.15, -0.1) is 5.10 Å². The first-order valence-corrected chi connectivity index (χ1v) is 5.03. The minimum atomic E-state index is -0.270. The third kappa shape index (κ3) is 1.81. The Bertz CT molecular complexity index is 487. The quantitative estimate of drug-likeness (QED) is 0.838. The topological polar surface area (TPSA) is 56.7 Å². The van der Waals surface area contributed by atoms with Crippen molar-refractivity contribution >= 4 is 0 Å². The van der Waals surface area contributed by atoms with Crippen LogP contribution in [-0.4, -0.2) is 15.0 Å². The van der Waals surface area contributed by atoms with E-state index in [0.717, 1.165) is 17.1 Å². The van der Waals surface area contributed by atoms with Gasteiger partial charge in [0.1, 0.15) is 11.5 Å². The maximum Gasteiger partial charge on any atom is 0.123 e. The summed E-state index contributed by atoms with van der Waals surface area (Å²) in [7, 11) is 0. The van der Waals surface area contributed by atoms with Crippen LogP contribution in [0.1, 0.15) is 24.4 Å². The molecule has 1 unspecified atom stereocenters. The van der Waals surface area contributed by atoms with Gasteiger partial charge >= 0.3 is 0 Å². The minimum Gasteiger partial charge on any atom is -0.323 e. The molecule has 1 heterocycles. The van der Waals surface area contributed by atoms with Crippen LogP contribution in [0, 0.1) is 12.7 Å². The van der Waals surface area contributed by atoms with E-state index in [-0.39, 0.29) is 11.9 Å². The van der Waals surface area contributed by atoms with Crippen LogP contribution in [0.3, 0.4) is 0 Å². The highest BCUT2D eigenvalue weighted by Crippen LogP contribution is 2.16. The van der Waals surface area contributed by atoms with E-state index >= 15 is 0 Å². The number of aromatic nitrogens is 3. The van der Waals surface area contributed by atoms with Crippen LogP contribution in [-0.2, 0) is 0 Å². The molecule has 0 amide bonds. The van der Waals surface area contributed by atoms with E-state index in [1.54, 1.807) is 16.8 Å². The van der Waals surface area contributed by atoms with E-state index in [2.05, 4.69) is 10.3 Å². The number of benzene rings is 1. The first-order valence-electron chi connectivity index (χ1n) is 5.03. The van der Waals surface area contributed by atoms with Crippen molar-refractivity contribution in [2.45, 2.75) is 19.9 Å². The highest BCUT2D eigenvalue weighted by molar-refractivity contribution is 5.33. The largest absolute Gasteiger partial charge is 0.323 e. The van der Waals surface area contributed by atoms with Crippen molar-refractivity contribution < 1.29 is 4.39 Å². The molecule has 0 aliphatic heterocycles. The summed E-state index contributed by atoms with van der Waals surface area (Å²) in [5.74, 6) is -0.270. The molecule has 2 N–H and O–H groups in total. The van der Waals surface area contributed by atoms with Crippen molar-refractivity contribution in [3.05, 3.63) is 41.5 Å². The van der Waals surface area contributed by atoms with Crippen molar-refractivity contribution in [1.82, 2.24) is 15.0 Å². The number of nitrogens with zero attached hydrogens (tertiary/aromatic N) is 3. The lowest BCUT2D eigenvalue weighted by atomic mass is 10.2. The summed E-state index contributed by atoms with van der Waals surface area (Å²) in [5, 5.41) is 8.01. The standard InChI is InChI=1S/C11H13FN4/c1-7(13)11-8(2)16(15-14-11)10-5-3-9(12)4-6-10/h3-7H,13H2,1-2H3. The third-order valence-electron chi connectivity index (χ3n) is 2.43. The zero-order valence-corrected chi connectivity index (χ0v) is 9.18. The second kappa shape index (κ2) is 4.02. The maximum absolute atomic E-state index is 12.8. The van der Waals surface area contributed by atoms with E-state index in [4.69, 9.17) is 5.73 Å². The Morgan fingerprint density at radius 3 is 2.44 bits per heavy atom. The van der Waals surface area contributed by atoms with Gasteiger partial charge in [-0.05, 0) is 38.1 Å². The Kier molecular flexibility index (Phi) is 2.70. The lowest BCUT2D eigenvalue weighted by Gasteiger charge is -2.04. The van der Waals surface area contributed by atoms with Gasteiger partial charge in [0.2, 0.25) is 0 Å². The van der Waals surface area contributed by atoms with Crippen LogP contribution < -0.4 is 5.73 Å². The van der Waals surface area contributed by atoms with Crippen LogP contribution >= 0.6 is 0 Å². The van der Waals surface area contributed by atoms with Crippen molar-refractivity contribution in [1.29, 1.82) is 0 Å². The maximum atomic E-state index is 12.8. The molecule has 0 saturated carbocycles. The van der Waals surface area contributed by atoms with Crippen LogP contribution in [0.5, 0.6) is 0 Å². The van der Waals surface area contributed by atoms with Crippen LogP contribution in [0.15, 0.2) is 24.3 Å². The van der Waals surface area contributed by atoms with E-state index in [9.17, 15) is 4.39 Å². The summed E-state index contributed by atoms with van der Waals surface area (Å²) < 4.78 is 14.4. The van der Waals surface area contributed by atoms with Gasteiger partial charge in [-0.25, -0.2) is 9.07 Å². The molecule has 0 spiro atoms. The fourth-order valence-corrected chi connectivity index (χ4v) is 1.59. The minimum absolute atomic E-state index is 0.158. The Balaban J connectivity index is 2.45. The molecule has 1 aromatic carbocycles. The number of hydrogen-bond acceptors (Lipinski definition) is 3. The fraction of sp³-hybridized carbons (Fsp3) is 0.273. The van der Waals surface area contributed by atoms with Gasteiger partial charge in [0.05, 0.1) is 11.4 Å². The molecule has 2 rings (SSSR count). The lowest BCUT2D eigenvalue weighted by Crippen LogP contribution is -2.07. The Morgan fingerprint density at radius 2 is 1.94 bits per heavy atom. The molecular weight excluding hydrogens is 207 g/mol. The predicted octanol–water partition coefficient (Wildman–Crippen LogP) is 1.73. The zero-order chi connectivity index (χ0) is 11.7. The van der Waals surface area contributed by atoms with Gasteiger partial charge < -0.3 is 5.73 Å². The molecule has 5 heteroatoms. The summed E-state index contributed by atoms with van der Waals surface area (Å²) in [5.41, 5.74) is 8.16. The summed E-state index contributed by atoms with van der Waals surface area (Å²) in [6.45, 7) is 3.74. The van der Waals surface area contributed by atoms with Gasteiger partial charge in [-0.3, -0.25) is 0 Å². The van der Waals surface area contributed by atoms with Gasteiger partial charge in [0, 0.05) is 6.04 Å². The highest BCUT2D eigenvalue weighted by atomic mass is 19.1.